The van der Waals surface area contributed by atoms with E-state index in [1.165, 1.54) is 31.2 Å². The molecule has 0 spiro atoms. The molecule has 0 bridgehead atoms. The number of rotatable bonds is 4. The molecule has 0 aliphatic heterocycles. The molecule has 0 aliphatic rings. The number of ether oxygens (including phenoxy) is 1. The number of carbonyl (C=O) groups is 1. The van der Waals surface area contributed by atoms with E-state index in [9.17, 15) is 14.0 Å². The Kier molecular flexibility index (Phi) is 4.04. The first-order valence-corrected chi connectivity index (χ1v) is 7.18. The number of carboxylic acid groups (broad SMARTS) is 1. The zero-order chi connectivity index (χ0) is 17.3. The Balaban J connectivity index is 2.26. The molecule has 6 heteroatoms. The highest BCUT2D eigenvalue weighted by Crippen LogP contribution is 2.31. The van der Waals surface area contributed by atoms with Crippen molar-refractivity contribution >= 4 is 16.9 Å². The Hall–Kier alpha value is -3.15. The summed E-state index contributed by atoms with van der Waals surface area (Å²) in [7, 11) is 0. The van der Waals surface area contributed by atoms with E-state index in [4.69, 9.17) is 14.3 Å². The zero-order valence-electron chi connectivity index (χ0n) is 12.7. The fraction of sp³-hybridized carbons (Fsp3) is 0.111. The third-order valence-corrected chi connectivity index (χ3v) is 3.50. The first-order chi connectivity index (χ1) is 11.5. The number of hydrogen-bond donors (Lipinski definition) is 1. The molecule has 1 atom stereocenters. The average Bonchev–Trinajstić information content (AvgIpc) is 2.58. The third-order valence-electron chi connectivity index (χ3n) is 3.50. The molecule has 0 aliphatic carbocycles. The Bertz CT molecular complexity index is 959. The van der Waals surface area contributed by atoms with Gasteiger partial charge in [-0.2, -0.15) is 0 Å². The molecule has 1 unspecified atom stereocenters. The van der Waals surface area contributed by atoms with Crippen molar-refractivity contribution in [2.75, 3.05) is 0 Å². The van der Waals surface area contributed by atoms with Crippen molar-refractivity contribution in [2.24, 2.45) is 0 Å². The molecule has 1 heterocycles. The summed E-state index contributed by atoms with van der Waals surface area (Å²) in [4.78, 5) is 23.8. The lowest BCUT2D eigenvalue weighted by Crippen LogP contribution is -2.26. The quantitative estimate of drug-likeness (QED) is 0.794. The highest BCUT2D eigenvalue weighted by Gasteiger charge is 2.22. The van der Waals surface area contributed by atoms with Crippen LogP contribution in [0.1, 0.15) is 6.92 Å². The topological polar surface area (TPSA) is 76.7 Å². The van der Waals surface area contributed by atoms with Crippen LogP contribution in [0.5, 0.6) is 5.75 Å². The number of carboxylic acids is 1. The van der Waals surface area contributed by atoms with Gasteiger partial charge in [0.2, 0.25) is 11.2 Å². The van der Waals surface area contributed by atoms with Crippen LogP contribution in [0.2, 0.25) is 0 Å². The van der Waals surface area contributed by atoms with E-state index < -0.39 is 23.3 Å². The maximum absolute atomic E-state index is 13.1. The van der Waals surface area contributed by atoms with Gasteiger partial charge in [0.05, 0.1) is 5.39 Å². The molecule has 1 aromatic heterocycles. The highest BCUT2D eigenvalue weighted by atomic mass is 19.1. The van der Waals surface area contributed by atoms with Crippen LogP contribution in [-0.2, 0) is 4.79 Å². The van der Waals surface area contributed by atoms with E-state index in [0.29, 0.717) is 11.1 Å². The van der Waals surface area contributed by atoms with E-state index in [0.717, 1.165) is 0 Å². The third kappa shape index (κ3) is 2.86. The summed E-state index contributed by atoms with van der Waals surface area (Å²) < 4.78 is 24.2. The maximum atomic E-state index is 13.1. The van der Waals surface area contributed by atoms with Gasteiger partial charge in [0.1, 0.15) is 11.4 Å². The smallest absolute Gasteiger partial charge is 0.344 e. The minimum atomic E-state index is -1.24. The van der Waals surface area contributed by atoms with E-state index in [2.05, 4.69) is 0 Å². The molecule has 3 rings (SSSR count). The van der Waals surface area contributed by atoms with Gasteiger partial charge in [-0.15, -0.1) is 0 Å². The van der Waals surface area contributed by atoms with Crippen molar-refractivity contribution in [1.82, 2.24) is 0 Å². The molecule has 5 nitrogen and oxygen atoms in total. The van der Waals surface area contributed by atoms with Gasteiger partial charge >= 0.3 is 5.97 Å². The molecule has 1 N–H and O–H groups in total. The highest BCUT2D eigenvalue weighted by molar-refractivity contribution is 5.82. The summed E-state index contributed by atoms with van der Waals surface area (Å²) in [6, 6.07) is 11.9. The van der Waals surface area contributed by atoms with E-state index in [1.807, 2.05) is 0 Å². The monoisotopic (exact) mass is 328 g/mol. The minimum Gasteiger partial charge on any atom is -0.479 e. The van der Waals surface area contributed by atoms with E-state index in [1.54, 1.807) is 24.3 Å². The predicted octanol–water partition coefficient (Wildman–Crippen LogP) is 3.45. The van der Waals surface area contributed by atoms with Gasteiger partial charge in [-0.05, 0) is 43.3 Å². The van der Waals surface area contributed by atoms with Gasteiger partial charge in [0.15, 0.2) is 11.9 Å². The van der Waals surface area contributed by atoms with Gasteiger partial charge in [-0.25, -0.2) is 9.18 Å². The second-order valence-corrected chi connectivity index (χ2v) is 5.19. The van der Waals surface area contributed by atoms with E-state index >= 15 is 0 Å². The molecule has 3 aromatic rings. The molecule has 0 saturated carbocycles. The van der Waals surface area contributed by atoms with Gasteiger partial charge in [0, 0.05) is 5.56 Å². The molecule has 24 heavy (non-hydrogen) atoms. The number of benzene rings is 2. The summed E-state index contributed by atoms with van der Waals surface area (Å²) >= 11 is 0. The predicted molar refractivity (Wildman–Crippen MR) is 85.6 cm³/mol. The molecule has 0 saturated heterocycles. The second-order valence-electron chi connectivity index (χ2n) is 5.19. The molecular formula is C18H13FO5. The zero-order valence-corrected chi connectivity index (χ0v) is 12.7. The number of fused-ring (bicyclic) bond motifs is 1. The van der Waals surface area contributed by atoms with Gasteiger partial charge in [0.25, 0.3) is 0 Å². The van der Waals surface area contributed by atoms with Crippen molar-refractivity contribution in [2.45, 2.75) is 13.0 Å². The normalized spacial score (nSPS) is 12.1. The van der Waals surface area contributed by atoms with Crippen molar-refractivity contribution in [3.05, 3.63) is 64.6 Å². The van der Waals surface area contributed by atoms with Crippen molar-refractivity contribution in [1.29, 1.82) is 0 Å². The number of para-hydroxylation sites is 1. The molecule has 0 radical (unpaired) electrons. The van der Waals surface area contributed by atoms with E-state index in [-0.39, 0.29) is 16.9 Å². The number of halogens is 1. The van der Waals surface area contributed by atoms with Crippen molar-refractivity contribution < 1.29 is 23.4 Å². The van der Waals surface area contributed by atoms with Crippen LogP contribution in [0.4, 0.5) is 4.39 Å². The SMILES string of the molecule is CC(Oc1c(-c2ccc(F)cc2)oc2ccccc2c1=O)C(=O)O. The lowest BCUT2D eigenvalue weighted by Gasteiger charge is -2.14. The Morgan fingerprint density at radius 3 is 2.50 bits per heavy atom. The Morgan fingerprint density at radius 2 is 1.83 bits per heavy atom. The molecule has 122 valence electrons. The fourth-order valence-electron chi connectivity index (χ4n) is 2.25. The Morgan fingerprint density at radius 1 is 1.17 bits per heavy atom. The van der Waals surface area contributed by atoms with Gasteiger partial charge < -0.3 is 14.3 Å². The molecule has 0 fully saturated rings. The summed E-state index contributed by atoms with van der Waals surface area (Å²) in [5.41, 5.74) is 0.258. The van der Waals surface area contributed by atoms with Crippen LogP contribution in [0.15, 0.2) is 57.7 Å². The minimum absolute atomic E-state index is 0.0619. The van der Waals surface area contributed by atoms with Crippen LogP contribution < -0.4 is 10.2 Å². The van der Waals surface area contributed by atoms with Crippen LogP contribution in [-0.4, -0.2) is 17.2 Å². The summed E-state index contributed by atoms with van der Waals surface area (Å²) in [5, 5.41) is 9.31. The summed E-state index contributed by atoms with van der Waals surface area (Å²) in [6.45, 7) is 1.31. The van der Waals surface area contributed by atoms with Gasteiger partial charge in [-0.3, -0.25) is 4.79 Å². The summed E-state index contributed by atoms with van der Waals surface area (Å²) in [6.07, 6.45) is -1.24. The average molecular weight is 328 g/mol. The lowest BCUT2D eigenvalue weighted by molar-refractivity contribution is -0.144. The lowest BCUT2D eigenvalue weighted by atomic mass is 10.1. The number of hydrogen-bond acceptors (Lipinski definition) is 4. The van der Waals surface area contributed by atoms with Crippen LogP contribution in [0, 0.1) is 5.82 Å². The van der Waals surface area contributed by atoms with Crippen LogP contribution >= 0.6 is 0 Å². The maximum Gasteiger partial charge on any atom is 0.344 e. The summed E-state index contributed by atoms with van der Waals surface area (Å²) in [5.74, 6) is -1.81. The number of aliphatic carboxylic acids is 1. The molecular weight excluding hydrogens is 315 g/mol. The first-order valence-electron chi connectivity index (χ1n) is 7.18. The van der Waals surface area contributed by atoms with Crippen molar-refractivity contribution in [3.8, 4) is 17.1 Å². The first kappa shape index (κ1) is 15.7. The van der Waals surface area contributed by atoms with Crippen LogP contribution in [0.3, 0.4) is 0 Å². The fourth-order valence-corrected chi connectivity index (χ4v) is 2.25. The Labute approximate surface area is 135 Å². The second kappa shape index (κ2) is 6.16. The largest absolute Gasteiger partial charge is 0.479 e. The molecule has 2 aromatic carbocycles. The van der Waals surface area contributed by atoms with Crippen LogP contribution in [0.25, 0.3) is 22.3 Å². The van der Waals surface area contributed by atoms with Gasteiger partial charge in [-0.1, -0.05) is 12.1 Å². The van der Waals surface area contributed by atoms with Crippen molar-refractivity contribution in [3.63, 3.8) is 0 Å². The molecule has 0 amide bonds. The standard InChI is InChI=1S/C18H13FO5/c1-10(18(21)22)23-17-15(20)13-4-2-3-5-14(13)24-16(17)11-6-8-12(19)9-7-11/h2-10H,1H3,(H,21,22).